The Balaban J connectivity index is 1.80. The highest BCUT2D eigenvalue weighted by atomic mass is 16.5. The topological polar surface area (TPSA) is 34.4 Å². The van der Waals surface area contributed by atoms with Crippen LogP contribution in [0.25, 0.3) is 0 Å². The van der Waals surface area contributed by atoms with E-state index in [9.17, 15) is 0 Å². The van der Waals surface area contributed by atoms with E-state index in [1.165, 1.54) is 5.56 Å². The SMILES string of the molecule is Cc1ccc(OCC(C)NC(C)c2ccc(C)o2)cc1. The van der Waals surface area contributed by atoms with E-state index in [2.05, 4.69) is 38.2 Å². The van der Waals surface area contributed by atoms with E-state index >= 15 is 0 Å². The lowest BCUT2D eigenvalue weighted by Crippen LogP contribution is -2.33. The summed E-state index contributed by atoms with van der Waals surface area (Å²) >= 11 is 0. The van der Waals surface area contributed by atoms with Gasteiger partial charge in [-0.1, -0.05) is 17.7 Å². The Hall–Kier alpha value is -1.74. The molecule has 20 heavy (non-hydrogen) atoms. The Kier molecular flexibility index (Phi) is 4.85. The minimum absolute atomic E-state index is 0.181. The van der Waals surface area contributed by atoms with Gasteiger partial charge in [0.1, 0.15) is 23.9 Å². The minimum atomic E-state index is 0.181. The van der Waals surface area contributed by atoms with E-state index in [0.29, 0.717) is 6.61 Å². The monoisotopic (exact) mass is 273 g/mol. The number of hydrogen-bond acceptors (Lipinski definition) is 3. The van der Waals surface area contributed by atoms with Crippen molar-refractivity contribution < 1.29 is 9.15 Å². The number of ether oxygens (including phenoxy) is 1. The highest BCUT2D eigenvalue weighted by Crippen LogP contribution is 2.16. The van der Waals surface area contributed by atoms with Gasteiger partial charge in [0, 0.05) is 6.04 Å². The summed E-state index contributed by atoms with van der Waals surface area (Å²) in [5, 5.41) is 3.47. The van der Waals surface area contributed by atoms with E-state index in [-0.39, 0.29) is 12.1 Å². The van der Waals surface area contributed by atoms with Crippen molar-refractivity contribution in [2.24, 2.45) is 0 Å². The fraction of sp³-hybridized carbons (Fsp3) is 0.412. The van der Waals surface area contributed by atoms with E-state index in [1.807, 2.05) is 31.2 Å². The fourth-order valence-corrected chi connectivity index (χ4v) is 2.10. The summed E-state index contributed by atoms with van der Waals surface area (Å²) in [6.07, 6.45) is 0. The van der Waals surface area contributed by atoms with Crippen LogP contribution >= 0.6 is 0 Å². The lowest BCUT2D eigenvalue weighted by atomic mass is 10.2. The molecular weight excluding hydrogens is 250 g/mol. The average Bonchev–Trinajstić information content (AvgIpc) is 2.85. The van der Waals surface area contributed by atoms with Crippen molar-refractivity contribution >= 4 is 0 Å². The van der Waals surface area contributed by atoms with Crippen LogP contribution in [0.5, 0.6) is 5.75 Å². The molecular formula is C17H23NO2. The quantitative estimate of drug-likeness (QED) is 0.863. The molecule has 0 aliphatic heterocycles. The molecule has 2 atom stereocenters. The molecule has 0 saturated heterocycles. The first-order chi connectivity index (χ1) is 9.54. The van der Waals surface area contributed by atoms with Gasteiger partial charge in [0.25, 0.3) is 0 Å². The summed E-state index contributed by atoms with van der Waals surface area (Å²) < 4.78 is 11.4. The van der Waals surface area contributed by atoms with Gasteiger partial charge in [-0.15, -0.1) is 0 Å². The van der Waals surface area contributed by atoms with Crippen molar-refractivity contribution in [1.82, 2.24) is 5.32 Å². The van der Waals surface area contributed by atoms with Crippen LogP contribution in [0.3, 0.4) is 0 Å². The van der Waals surface area contributed by atoms with Gasteiger partial charge in [0.05, 0.1) is 6.04 Å². The van der Waals surface area contributed by atoms with E-state index in [0.717, 1.165) is 17.3 Å². The first kappa shape index (κ1) is 14.7. The van der Waals surface area contributed by atoms with Crippen molar-refractivity contribution in [3.8, 4) is 5.75 Å². The molecule has 108 valence electrons. The van der Waals surface area contributed by atoms with Gasteiger partial charge in [-0.05, 0) is 52.0 Å². The number of rotatable bonds is 6. The van der Waals surface area contributed by atoms with Gasteiger partial charge in [-0.25, -0.2) is 0 Å². The smallest absolute Gasteiger partial charge is 0.120 e. The number of benzene rings is 1. The highest BCUT2D eigenvalue weighted by molar-refractivity contribution is 5.26. The normalized spacial score (nSPS) is 14.0. The second kappa shape index (κ2) is 6.62. The molecule has 0 aliphatic carbocycles. The van der Waals surface area contributed by atoms with Crippen LogP contribution in [0.1, 0.15) is 37.0 Å². The first-order valence-corrected chi connectivity index (χ1v) is 7.06. The Bertz CT molecular complexity index is 530. The van der Waals surface area contributed by atoms with Crippen LogP contribution in [0.15, 0.2) is 40.8 Å². The maximum atomic E-state index is 5.77. The number of aryl methyl sites for hydroxylation is 2. The van der Waals surface area contributed by atoms with Crippen LogP contribution in [0.2, 0.25) is 0 Å². The molecule has 0 fully saturated rings. The zero-order chi connectivity index (χ0) is 14.5. The molecule has 2 aromatic rings. The van der Waals surface area contributed by atoms with Gasteiger partial charge in [-0.3, -0.25) is 0 Å². The summed E-state index contributed by atoms with van der Waals surface area (Å²) in [6.45, 7) is 8.87. The molecule has 1 aromatic heterocycles. The molecule has 0 bridgehead atoms. The molecule has 0 saturated carbocycles. The van der Waals surface area contributed by atoms with Gasteiger partial charge in [-0.2, -0.15) is 0 Å². The first-order valence-electron chi connectivity index (χ1n) is 7.06. The van der Waals surface area contributed by atoms with Gasteiger partial charge < -0.3 is 14.5 Å². The predicted octanol–water partition coefficient (Wildman–Crippen LogP) is 4.01. The summed E-state index contributed by atoms with van der Waals surface area (Å²) in [6, 6.07) is 12.5. The Morgan fingerprint density at radius 1 is 1.05 bits per heavy atom. The van der Waals surface area contributed by atoms with Crippen LogP contribution in [0.4, 0.5) is 0 Å². The summed E-state index contributed by atoms with van der Waals surface area (Å²) in [4.78, 5) is 0. The van der Waals surface area contributed by atoms with Crippen LogP contribution in [-0.4, -0.2) is 12.6 Å². The van der Waals surface area contributed by atoms with E-state index in [1.54, 1.807) is 0 Å². The van der Waals surface area contributed by atoms with Gasteiger partial charge >= 0.3 is 0 Å². The number of furan rings is 1. The Morgan fingerprint density at radius 2 is 1.75 bits per heavy atom. The van der Waals surface area contributed by atoms with Gasteiger partial charge in [0.2, 0.25) is 0 Å². The second-order valence-electron chi connectivity index (χ2n) is 5.36. The fourth-order valence-electron chi connectivity index (χ4n) is 2.10. The molecule has 0 amide bonds. The number of nitrogens with one attached hydrogen (secondary N) is 1. The highest BCUT2D eigenvalue weighted by Gasteiger charge is 2.12. The van der Waals surface area contributed by atoms with Crippen LogP contribution in [0, 0.1) is 13.8 Å². The lowest BCUT2D eigenvalue weighted by molar-refractivity contribution is 0.257. The lowest BCUT2D eigenvalue weighted by Gasteiger charge is -2.19. The zero-order valence-electron chi connectivity index (χ0n) is 12.6. The van der Waals surface area contributed by atoms with Crippen molar-refractivity contribution in [3.05, 3.63) is 53.5 Å². The molecule has 1 N–H and O–H groups in total. The van der Waals surface area contributed by atoms with Crippen LogP contribution < -0.4 is 10.1 Å². The Morgan fingerprint density at radius 3 is 2.35 bits per heavy atom. The standard InChI is InChI=1S/C17H23NO2/c1-12-5-8-16(9-6-12)19-11-13(2)18-15(4)17-10-7-14(3)20-17/h5-10,13,15,18H,11H2,1-4H3. The largest absolute Gasteiger partial charge is 0.492 e. The molecule has 0 spiro atoms. The third-order valence-corrected chi connectivity index (χ3v) is 3.24. The predicted molar refractivity (Wildman–Crippen MR) is 81.1 cm³/mol. The average molecular weight is 273 g/mol. The molecule has 2 rings (SSSR count). The minimum Gasteiger partial charge on any atom is -0.492 e. The molecule has 2 unspecified atom stereocenters. The maximum absolute atomic E-state index is 5.77. The number of hydrogen-bond donors (Lipinski definition) is 1. The van der Waals surface area contributed by atoms with Gasteiger partial charge in [0.15, 0.2) is 0 Å². The molecule has 0 radical (unpaired) electrons. The third kappa shape index (κ3) is 4.14. The molecule has 3 nitrogen and oxygen atoms in total. The van der Waals surface area contributed by atoms with Crippen LogP contribution in [-0.2, 0) is 0 Å². The summed E-state index contributed by atoms with van der Waals surface area (Å²) in [5.41, 5.74) is 1.24. The van der Waals surface area contributed by atoms with Crippen molar-refractivity contribution in [2.75, 3.05) is 6.61 Å². The molecule has 1 aromatic carbocycles. The molecule has 3 heteroatoms. The van der Waals surface area contributed by atoms with Crippen molar-refractivity contribution in [2.45, 2.75) is 39.8 Å². The summed E-state index contributed by atoms with van der Waals surface area (Å²) in [5.74, 6) is 2.81. The third-order valence-electron chi connectivity index (χ3n) is 3.24. The summed E-state index contributed by atoms with van der Waals surface area (Å²) in [7, 11) is 0. The van der Waals surface area contributed by atoms with E-state index in [4.69, 9.17) is 9.15 Å². The molecule has 1 heterocycles. The maximum Gasteiger partial charge on any atom is 0.120 e. The molecule has 0 aliphatic rings. The zero-order valence-corrected chi connectivity index (χ0v) is 12.6. The van der Waals surface area contributed by atoms with E-state index < -0.39 is 0 Å². The Labute approximate surface area is 121 Å². The van der Waals surface area contributed by atoms with Crippen molar-refractivity contribution in [3.63, 3.8) is 0 Å². The second-order valence-corrected chi connectivity index (χ2v) is 5.36. The van der Waals surface area contributed by atoms with Crippen molar-refractivity contribution in [1.29, 1.82) is 0 Å².